The summed E-state index contributed by atoms with van der Waals surface area (Å²) in [5.41, 5.74) is 0.369. The van der Waals surface area contributed by atoms with E-state index in [-0.39, 0.29) is 9.94 Å². The molecule has 0 aromatic heterocycles. The molecule has 0 amide bonds. The van der Waals surface area contributed by atoms with Crippen molar-refractivity contribution in [3.05, 3.63) is 57.5 Å². The molecule has 2 rings (SSSR count). The molecule has 1 atom stereocenters. The highest BCUT2D eigenvalue weighted by Crippen LogP contribution is 2.28. The van der Waals surface area contributed by atoms with Crippen molar-refractivity contribution in [2.24, 2.45) is 4.99 Å². The predicted molar refractivity (Wildman–Crippen MR) is 105 cm³/mol. The Balaban J connectivity index is 2.51. The Morgan fingerprint density at radius 1 is 1.08 bits per heavy atom. The lowest BCUT2D eigenvalue weighted by molar-refractivity contribution is 0.596. The lowest BCUT2D eigenvalue weighted by Crippen LogP contribution is -2.27. The van der Waals surface area contributed by atoms with E-state index in [4.69, 9.17) is 34.8 Å². The molecule has 0 aliphatic heterocycles. The van der Waals surface area contributed by atoms with E-state index >= 15 is 0 Å². The van der Waals surface area contributed by atoms with Crippen molar-refractivity contribution in [1.29, 1.82) is 5.26 Å². The number of sulfone groups is 1. The number of halogens is 3. The molecule has 0 radical (unpaired) electrons. The van der Waals surface area contributed by atoms with Crippen molar-refractivity contribution in [2.75, 3.05) is 6.26 Å². The minimum absolute atomic E-state index is 0.00525. The van der Waals surface area contributed by atoms with Crippen LogP contribution in [0.5, 0.6) is 0 Å². The van der Waals surface area contributed by atoms with Crippen LogP contribution in [0.3, 0.4) is 0 Å². The molecule has 2 aromatic rings. The molecule has 0 N–H and O–H groups in total. The summed E-state index contributed by atoms with van der Waals surface area (Å²) in [5, 5.41) is 9.26. The number of rotatable bonds is 4. The molecule has 25 heavy (non-hydrogen) atoms. The summed E-state index contributed by atoms with van der Waals surface area (Å²) in [7, 11) is -3.96. The second kappa shape index (κ2) is 8.43. The average Bonchev–Trinajstić information content (AvgIpc) is 2.53. The molecule has 9 heteroatoms. The van der Waals surface area contributed by atoms with Crippen LogP contribution in [-0.4, -0.2) is 25.0 Å². The van der Waals surface area contributed by atoms with Crippen LogP contribution < -0.4 is 0 Å². The van der Waals surface area contributed by atoms with Crippen molar-refractivity contribution in [2.45, 2.75) is 10.1 Å². The molecule has 0 saturated carbocycles. The van der Waals surface area contributed by atoms with Crippen LogP contribution in [0.4, 0.5) is 5.69 Å². The highest BCUT2D eigenvalue weighted by Gasteiger charge is 2.32. The lowest BCUT2D eigenvalue weighted by atomic mass is 10.3. The summed E-state index contributed by atoms with van der Waals surface area (Å²) < 4.78 is 25.6. The van der Waals surface area contributed by atoms with Gasteiger partial charge in [-0.2, -0.15) is 5.26 Å². The summed E-state index contributed by atoms with van der Waals surface area (Å²) in [4.78, 5) is 4.26. The smallest absolute Gasteiger partial charge is 0.200 e. The molecule has 1 unspecified atom stereocenters. The van der Waals surface area contributed by atoms with E-state index in [1.165, 1.54) is 42.5 Å². The fourth-order valence-electron chi connectivity index (χ4n) is 1.96. The van der Waals surface area contributed by atoms with Gasteiger partial charge in [-0.3, -0.25) is 0 Å². The zero-order valence-electron chi connectivity index (χ0n) is 12.8. The van der Waals surface area contributed by atoms with Crippen LogP contribution in [0.25, 0.3) is 0 Å². The second-order valence-electron chi connectivity index (χ2n) is 4.79. The minimum Gasteiger partial charge on any atom is -0.244 e. The summed E-state index contributed by atoms with van der Waals surface area (Å²) in [6, 6.07) is 12.0. The molecule has 0 fully saturated rings. The fourth-order valence-corrected chi connectivity index (χ4v) is 4.98. The van der Waals surface area contributed by atoms with Crippen LogP contribution in [0, 0.1) is 11.3 Å². The quantitative estimate of drug-likeness (QED) is 0.478. The van der Waals surface area contributed by atoms with E-state index in [1.807, 2.05) is 6.07 Å². The van der Waals surface area contributed by atoms with Crippen LogP contribution in [0.2, 0.25) is 15.1 Å². The zero-order valence-corrected chi connectivity index (χ0v) is 16.7. The third-order valence-corrected chi connectivity index (χ3v) is 6.55. The van der Waals surface area contributed by atoms with Gasteiger partial charge in [-0.1, -0.05) is 34.8 Å². The monoisotopic (exact) mass is 432 g/mol. The van der Waals surface area contributed by atoms with Crippen LogP contribution in [0.1, 0.15) is 0 Å². The zero-order chi connectivity index (χ0) is 18.6. The standard InChI is InChI=1S/C16H11Cl3N2O2S2/c1-24-16(21-13-7-11(18)6-12(19)8-13)15(9-20)25(22,23)14-4-2-10(17)3-5-14/h2-8,15H,1H3. The Morgan fingerprint density at radius 3 is 2.12 bits per heavy atom. The van der Waals surface area contributed by atoms with Gasteiger partial charge in [-0.25, -0.2) is 13.4 Å². The van der Waals surface area contributed by atoms with E-state index in [0.29, 0.717) is 20.8 Å². The van der Waals surface area contributed by atoms with E-state index in [0.717, 1.165) is 11.8 Å². The number of benzene rings is 2. The molecule has 0 aliphatic carbocycles. The largest absolute Gasteiger partial charge is 0.244 e. The van der Waals surface area contributed by atoms with Crippen molar-refractivity contribution in [3.8, 4) is 6.07 Å². The number of aliphatic imine (C=N–C) groups is 1. The first-order valence-electron chi connectivity index (χ1n) is 6.75. The number of hydrogen-bond acceptors (Lipinski definition) is 5. The van der Waals surface area contributed by atoms with Gasteiger partial charge in [0.05, 0.1) is 16.7 Å². The highest BCUT2D eigenvalue weighted by molar-refractivity contribution is 8.15. The second-order valence-corrected chi connectivity index (χ2v) is 8.96. The summed E-state index contributed by atoms with van der Waals surface area (Å²) in [6.07, 6.45) is 1.65. The van der Waals surface area contributed by atoms with Gasteiger partial charge < -0.3 is 0 Å². The summed E-state index contributed by atoms with van der Waals surface area (Å²) >= 11 is 18.7. The van der Waals surface area contributed by atoms with Crippen LogP contribution in [-0.2, 0) is 9.84 Å². The third-order valence-electron chi connectivity index (χ3n) is 3.09. The molecule has 0 saturated heterocycles. The van der Waals surface area contributed by atoms with E-state index in [2.05, 4.69) is 4.99 Å². The van der Waals surface area contributed by atoms with Gasteiger partial charge in [0, 0.05) is 15.1 Å². The maximum absolute atomic E-state index is 12.8. The summed E-state index contributed by atoms with van der Waals surface area (Å²) in [6.45, 7) is 0. The minimum atomic E-state index is -3.96. The third kappa shape index (κ3) is 4.90. The van der Waals surface area contributed by atoms with Gasteiger partial charge in [-0.15, -0.1) is 11.8 Å². The fraction of sp³-hybridized carbons (Fsp3) is 0.125. The first-order valence-corrected chi connectivity index (χ1v) is 10.7. The van der Waals surface area contributed by atoms with Crippen molar-refractivity contribution < 1.29 is 8.42 Å². The van der Waals surface area contributed by atoms with Gasteiger partial charge in [0.15, 0.2) is 5.25 Å². The Labute approximate surface area is 165 Å². The molecule has 0 bridgehead atoms. The predicted octanol–water partition coefficient (Wildman–Crippen LogP) is 5.41. The van der Waals surface area contributed by atoms with Gasteiger partial charge >= 0.3 is 0 Å². The van der Waals surface area contributed by atoms with Crippen molar-refractivity contribution in [1.82, 2.24) is 0 Å². The van der Waals surface area contributed by atoms with Gasteiger partial charge in [0.1, 0.15) is 5.04 Å². The Bertz CT molecular complexity index is 932. The average molecular weight is 434 g/mol. The molecule has 130 valence electrons. The van der Waals surface area contributed by atoms with Gasteiger partial charge in [0.25, 0.3) is 0 Å². The number of nitriles is 1. The molecular weight excluding hydrogens is 423 g/mol. The number of nitrogens with zero attached hydrogens (tertiary/aromatic N) is 2. The molecule has 2 aromatic carbocycles. The summed E-state index contributed by atoms with van der Waals surface area (Å²) in [5.74, 6) is 0. The van der Waals surface area contributed by atoms with Gasteiger partial charge in [0.2, 0.25) is 9.84 Å². The maximum Gasteiger partial charge on any atom is 0.200 e. The Hall–Kier alpha value is -1.23. The first-order chi connectivity index (χ1) is 11.8. The highest BCUT2D eigenvalue weighted by atomic mass is 35.5. The van der Waals surface area contributed by atoms with Crippen LogP contribution >= 0.6 is 46.6 Å². The SMILES string of the molecule is CSC(=Nc1cc(Cl)cc(Cl)c1)C(C#N)S(=O)(=O)c1ccc(Cl)cc1. The lowest BCUT2D eigenvalue weighted by Gasteiger charge is -2.12. The number of thioether (sulfide) groups is 1. The molecular formula is C16H11Cl3N2O2S2. The van der Waals surface area contributed by atoms with Crippen LogP contribution in [0.15, 0.2) is 52.4 Å². The van der Waals surface area contributed by atoms with Crippen molar-refractivity contribution in [3.63, 3.8) is 0 Å². The first kappa shape index (κ1) is 20.1. The molecule has 4 nitrogen and oxygen atoms in total. The normalized spacial score (nSPS) is 13.3. The molecule has 0 aliphatic rings. The van der Waals surface area contributed by atoms with E-state index in [1.54, 1.807) is 6.26 Å². The number of hydrogen-bond donors (Lipinski definition) is 0. The maximum atomic E-state index is 12.8. The van der Waals surface area contributed by atoms with E-state index < -0.39 is 15.1 Å². The topological polar surface area (TPSA) is 70.3 Å². The van der Waals surface area contributed by atoms with Gasteiger partial charge in [-0.05, 0) is 48.7 Å². The Morgan fingerprint density at radius 2 is 1.64 bits per heavy atom. The van der Waals surface area contributed by atoms with E-state index in [9.17, 15) is 13.7 Å². The Kier molecular flexibility index (Phi) is 6.78. The van der Waals surface area contributed by atoms with Crippen molar-refractivity contribution >= 4 is 67.1 Å². The molecule has 0 spiro atoms. The molecule has 0 heterocycles.